The molecule has 0 spiro atoms. The number of nitro benzene ring substituents is 1. The summed E-state index contributed by atoms with van der Waals surface area (Å²) in [6.07, 6.45) is 3.40. The van der Waals surface area contributed by atoms with Gasteiger partial charge >= 0.3 is 11.7 Å². The van der Waals surface area contributed by atoms with Gasteiger partial charge in [-0.25, -0.2) is 14.8 Å². The van der Waals surface area contributed by atoms with Crippen molar-refractivity contribution in [2.75, 3.05) is 5.73 Å². The first-order valence-corrected chi connectivity index (χ1v) is 10.1. The van der Waals surface area contributed by atoms with Crippen LogP contribution in [0.2, 0.25) is 0 Å². The fraction of sp³-hybridized carbons (Fsp3) is 0.174. The minimum absolute atomic E-state index is 0.0265. The summed E-state index contributed by atoms with van der Waals surface area (Å²) in [5.41, 5.74) is 8.07. The van der Waals surface area contributed by atoms with E-state index in [1.54, 1.807) is 12.1 Å². The van der Waals surface area contributed by atoms with Crippen LogP contribution in [0, 0.1) is 17.0 Å². The standard InChI is InChI=1S/C23H21N5O5/c1-12(2)27-10-17(19-21(24)25-11-26-22(19)27)14-4-6-15(7-5-14)33-18-9-8-16(23(29)30)13(3)20(18)28(31)32/h4-12H,1-3H3,(H,29,30)(H2,24,25,26). The molecule has 0 fully saturated rings. The van der Waals surface area contributed by atoms with Gasteiger partial charge in [-0.05, 0) is 50.6 Å². The van der Waals surface area contributed by atoms with E-state index in [1.165, 1.54) is 25.4 Å². The number of rotatable bonds is 6. The molecule has 0 amide bonds. The molecule has 0 saturated carbocycles. The second kappa shape index (κ2) is 8.23. The summed E-state index contributed by atoms with van der Waals surface area (Å²) in [6, 6.07) is 9.72. The van der Waals surface area contributed by atoms with Crippen LogP contribution in [0.3, 0.4) is 0 Å². The third-order valence-electron chi connectivity index (χ3n) is 5.40. The van der Waals surface area contributed by atoms with Gasteiger partial charge in [0.2, 0.25) is 5.75 Å². The van der Waals surface area contributed by atoms with Crippen LogP contribution in [0.4, 0.5) is 11.5 Å². The molecule has 0 aliphatic carbocycles. The normalized spacial score (nSPS) is 11.2. The number of nitrogens with zero attached hydrogens (tertiary/aromatic N) is 4. The van der Waals surface area contributed by atoms with Gasteiger partial charge in [0.1, 0.15) is 23.5 Å². The molecule has 0 aliphatic heterocycles. The average Bonchev–Trinajstić information content (AvgIpc) is 3.15. The monoisotopic (exact) mass is 447 g/mol. The van der Waals surface area contributed by atoms with E-state index in [0.717, 1.165) is 22.2 Å². The Bertz CT molecular complexity index is 1390. The number of nitro groups is 1. The number of carbonyl (C=O) groups is 1. The molecule has 10 heteroatoms. The molecule has 2 heterocycles. The Kier molecular flexibility index (Phi) is 5.42. The minimum Gasteiger partial charge on any atom is -0.478 e. The molecule has 0 unspecified atom stereocenters. The SMILES string of the molecule is Cc1c(C(=O)O)ccc(Oc2ccc(-c3cn(C(C)C)c4ncnc(N)c34)cc2)c1[N+](=O)[O-]. The summed E-state index contributed by atoms with van der Waals surface area (Å²) in [6.45, 7) is 5.47. The fourth-order valence-electron chi connectivity index (χ4n) is 3.77. The Balaban J connectivity index is 1.72. The number of fused-ring (bicyclic) bond motifs is 1. The number of carboxylic acid groups (broad SMARTS) is 1. The number of nitrogen functional groups attached to an aromatic ring is 1. The van der Waals surface area contributed by atoms with E-state index in [0.29, 0.717) is 11.6 Å². The quantitative estimate of drug-likeness (QED) is 0.311. The zero-order valence-corrected chi connectivity index (χ0v) is 18.1. The molecule has 2 aromatic carbocycles. The molecule has 0 radical (unpaired) electrons. The predicted molar refractivity (Wildman–Crippen MR) is 123 cm³/mol. The van der Waals surface area contributed by atoms with Crippen LogP contribution < -0.4 is 10.5 Å². The number of nitrogens with two attached hydrogens (primary N) is 1. The lowest BCUT2D eigenvalue weighted by atomic mass is 10.1. The van der Waals surface area contributed by atoms with E-state index in [2.05, 4.69) is 9.97 Å². The molecule has 3 N–H and O–H groups in total. The molecule has 0 bridgehead atoms. The Labute approximate surface area is 188 Å². The van der Waals surface area contributed by atoms with Crippen molar-refractivity contribution in [2.45, 2.75) is 26.8 Å². The summed E-state index contributed by atoms with van der Waals surface area (Å²) in [5, 5.41) is 21.6. The van der Waals surface area contributed by atoms with E-state index in [1.807, 2.05) is 36.7 Å². The smallest absolute Gasteiger partial charge is 0.336 e. The molecular weight excluding hydrogens is 426 g/mol. The van der Waals surface area contributed by atoms with Crippen LogP contribution in [0.25, 0.3) is 22.2 Å². The highest BCUT2D eigenvalue weighted by Crippen LogP contribution is 2.38. The van der Waals surface area contributed by atoms with Gasteiger partial charge < -0.3 is 20.1 Å². The molecule has 0 aliphatic rings. The summed E-state index contributed by atoms with van der Waals surface area (Å²) in [5.74, 6) is -0.542. The number of hydrogen-bond donors (Lipinski definition) is 2. The maximum absolute atomic E-state index is 11.6. The number of hydrogen-bond acceptors (Lipinski definition) is 7. The first-order valence-electron chi connectivity index (χ1n) is 10.1. The molecule has 0 saturated heterocycles. The third kappa shape index (κ3) is 3.82. The Hall–Kier alpha value is -4.47. The van der Waals surface area contributed by atoms with Crippen molar-refractivity contribution in [3.63, 3.8) is 0 Å². The second-order valence-corrected chi connectivity index (χ2v) is 7.77. The molecule has 0 atom stereocenters. The number of anilines is 1. The molecule has 2 aromatic heterocycles. The summed E-state index contributed by atoms with van der Waals surface area (Å²) < 4.78 is 7.76. The van der Waals surface area contributed by atoms with Crippen LogP contribution in [0.15, 0.2) is 48.9 Å². The highest BCUT2D eigenvalue weighted by atomic mass is 16.6. The van der Waals surface area contributed by atoms with E-state index in [4.69, 9.17) is 10.5 Å². The minimum atomic E-state index is -1.24. The lowest BCUT2D eigenvalue weighted by molar-refractivity contribution is -0.386. The van der Waals surface area contributed by atoms with Crippen LogP contribution in [0.5, 0.6) is 11.5 Å². The molecule has 33 heavy (non-hydrogen) atoms. The van der Waals surface area contributed by atoms with Gasteiger partial charge in [-0.3, -0.25) is 10.1 Å². The van der Waals surface area contributed by atoms with Gasteiger partial charge in [0, 0.05) is 23.4 Å². The summed E-state index contributed by atoms with van der Waals surface area (Å²) in [7, 11) is 0. The Morgan fingerprint density at radius 3 is 2.48 bits per heavy atom. The van der Waals surface area contributed by atoms with Crippen molar-refractivity contribution in [3.05, 3.63) is 70.2 Å². The van der Waals surface area contributed by atoms with Gasteiger partial charge in [-0.2, -0.15) is 0 Å². The number of ether oxygens (including phenoxy) is 1. The zero-order chi connectivity index (χ0) is 23.9. The van der Waals surface area contributed by atoms with Crippen LogP contribution >= 0.6 is 0 Å². The third-order valence-corrected chi connectivity index (χ3v) is 5.40. The Morgan fingerprint density at radius 1 is 1.18 bits per heavy atom. The van der Waals surface area contributed by atoms with Gasteiger partial charge in [-0.15, -0.1) is 0 Å². The maximum atomic E-state index is 11.6. The van der Waals surface area contributed by atoms with Crippen molar-refractivity contribution < 1.29 is 19.6 Å². The first kappa shape index (κ1) is 21.8. The highest BCUT2D eigenvalue weighted by molar-refractivity contribution is 6.00. The van der Waals surface area contributed by atoms with Crippen molar-refractivity contribution in [1.82, 2.24) is 14.5 Å². The number of aromatic nitrogens is 3. The predicted octanol–water partition coefficient (Wildman–Crippen LogP) is 4.97. The molecule has 4 rings (SSSR count). The van der Waals surface area contributed by atoms with E-state index >= 15 is 0 Å². The molecule has 4 aromatic rings. The number of benzene rings is 2. The molecular formula is C23H21N5O5. The van der Waals surface area contributed by atoms with Crippen LogP contribution in [-0.4, -0.2) is 30.5 Å². The van der Waals surface area contributed by atoms with E-state index in [9.17, 15) is 20.0 Å². The van der Waals surface area contributed by atoms with Crippen molar-refractivity contribution in [3.8, 4) is 22.6 Å². The fourth-order valence-corrected chi connectivity index (χ4v) is 3.77. The lowest BCUT2D eigenvalue weighted by Crippen LogP contribution is -2.04. The Morgan fingerprint density at radius 2 is 1.88 bits per heavy atom. The van der Waals surface area contributed by atoms with Gasteiger partial charge in [0.15, 0.2) is 0 Å². The van der Waals surface area contributed by atoms with Crippen LogP contribution in [0.1, 0.15) is 35.8 Å². The van der Waals surface area contributed by atoms with Gasteiger partial charge in [0.25, 0.3) is 0 Å². The van der Waals surface area contributed by atoms with Gasteiger partial charge in [0.05, 0.1) is 15.9 Å². The zero-order valence-electron chi connectivity index (χ0n) is 18.1. The molecule has 168 valence electrons. The second-order valence-electron chi connectivity index (χ2n) is 7.77. The molecule has 10 nitrogen and oxygen atoms in total. The maximum Gasteiger partial charge on any atom is 0.336 e. The van der Waals surface area contributed by atoms with Crippen molar-refractivity contribution in [1.29, 1.82) is 0 Å². The van der Waals surface area contributed by atoms with Crippen molar-refractivity contribution >= 4 is 28.5 Å². The van der Waals surface area contributed by atoms with Gasteiger partial charge in [-0.1, -0.05) is 12.1 Å². The lowest BCUT2D eigenvalue weighted by Gasteiger charge is -2.10. The largest absolute Gasteiger partial charge is 0.478 e. The van der Waals surface area contributed by atoms with E-state index < -0.39 is 10.9 Å². The average molecular weight is 447 g/mol. The summed E-state index contributed by atoms with van der Waals surface area (Å²) >= 11 is 0. The number of aromatic carboxylic acids is 1. The van der Waals surface area contributed by atoms with E-state index in [-0.39, 0.29) is 28.6 Å². The number of carboxylic acids is 1. The summed E-state index contributed by atoms with van der Waals surface area (Å²) in [4.78, 5) is 30.7. The highest BCUT2D eigenvalue weighted by Gasteiger charge is 2.25. The first-order chi connectivity index (χ1) is 15.7. The van der Waals surface area contributed by atoms with Crippen molar-refractivity contribution in [2.24, 2.45) is 0 Å². The topological polar surface area (TPSA) is 146 Å². The van der Waals surface area contributed by atoms with Crippen LogP contribution in [-0.2, 0) is 0 Å².